The number of thiazole rings is 1. The third kappa shape index (κ3) is 3.38. The smallest absolute Gasteiger partial charge is 0.387 e. The van der Waals surface area contributed by atoms with Gasteiger partial charge < -0.3 is 14.2 Å². The first-order chi connectivity index (χ1) is 14.9. The Kier molecular flexibility index (Phi) is 4.58. The quantitative estimate of drug-likeness (QED) is 0.621. The van der Waals surface area contributed by atoms with Gasteiger partial charge in [0.15, 0.2) is 16.3 Å². The van der Waals surface area contributed by atoms with Crippen LogP contribution in [0.3, 0.4) is 0 Å². The maximum atomic E-state index is 13.3. The number of hydrogen-bond donors (Lipinski definition) is 0. The van der Waals surface area contributed by atoms with Crippen LogP contribution in [0.15, 0.2) is 52.3 Å². The van der Waals surface area contributed by atoms with Crippen molar-refractivity contribution in [3.8, 4) is 17.2 Å². The Morgan fingerprint density at radius 3 is 2.87 bits per heavy atom. The highest BCUT2D eigenvalue weighted by molar-refractivity contribution is 7.07. The number of methoxy groups -OCH3 is 1. The zero-order valence-electron chi connectivity index (χ0n) is 16.7. The molecule has 2 aliphatic heterocycles. The molecular formula is C22H18F2N2O4S. The molecule has 3 aromatic rings. The van der Waals surface area contributed by atoms with Gasteiger partial charge in [0.1, 0.15) is 5.75 Å². The summed E-state index contributed by atoms with van der Waals surface area (Å²) in [6.45, 7) is -1.04. The predicted octanol–water partition coefficient (Wildman–Crippen LogP) is 3.07. The summed E-state index contributed by atoms with van der Waals surface area (Å²) in [6, 6.07) is 12.1. The molecule has 2 atom stereocenters. The van der Waals surface area contributed by atoms with Crippen molar-refractivity contribution in [2.24, 2.45) is 4.99 Å². The van der Waals surface area contributed by atoms with Crippen molar-refractivity contribution < 1.29 is 23.0 Å². The Bertz CT molecular complexity index is 1350. The number of rotatable bonds is 4. The number of halogens is 2. The summed E-state index contributed by atoms with van der Waals surface area (Å²) < 4.78 is 43.0. The molecule has 0 N–H and O–H groups in total. The Morgan fingerprint density at radius 2 is 2.10 bits per heavy atom. The number of ether oxygens (including phenoxy) is 3. The lowest BCUT2D eigenvalue weighted by Gasteiger charge is -2.39. The molecule has 0 spiro atoms. The van der Waals surface area contributed by atoms with E-state index in [9.17, 15) is 13.6 Å². The number of alkyl halides is 2. The molecule has 0 radical (unpaired) electrons. The molecule has 1 aromatic heterocycles. The molecule has 0 fully saturated rings. The lowest BCUT2D eigenvalue weighted by Crippen LogP contribution is -2.49. The van der Waals surface area contributed by atoms with E-state index in [0.717, 1.165) is 11.3 Å². The van der Waals surface area contributed by atoms with E-state index in [0.29, 0.717) is 21.3 Å². The van der Waals surface area contributed by atoms with Crippen LogP contribution in [0, 0.1) is 0 Å². The fourth-order valence-corrected chi connectivity index (χ4v) is 5.18. The molecule has 0 saturated carbocycles. The van der Waals surface area contributed by atoms with Crippen molar-refractivity contribution in [3.05, 3.63) is 73.3 Å². The summed E-state index contributed by atoms with van der Waals surface area (Å²) in [5.74, 6) is 0.826. The average molecular weight is 444 g/mol. The maximum Gasteiger partial charge on any atom is 0.387 e. The van der Waals surface area contributed by atoms with Crippen LogP contribution >= 0.6 is 11.3 Å². The second kappa shape index (κ2) is 7.19. The van der Waals surface area contributed by atoms with E-state index in [1.54, 1.807) is 22.8 Å². The number of nitrogens with zero attached hydrogens (tertiary/aromatic N) is 2. The first kappa shape index (κ1) is 19.7. The molecule has 160 valence electrons. The monoisotopic (exact) mass is 444 g/mol. The van der Waals surface area contributed by atoms with E-state index in [1.807, 2.05) is 31.2 Å². The van der Waals surface area contributed by atoms with E-state index in [1.165, 1.54) is 24.5 Å². The Hall–Kier alpha value is -3.20. The molecule has 2 aliphatic rings. The first-order valence-corrected chi connectivity index (χ1v) is 10.4. The van der Waals surface area contributed by atoms with E-state index in [4.69, 9.17) is 14.5 Å². The highest BCUT2D eigenvalue weighted by atomic mass is 32.1. The highest BCUT2D eigenvalue weighted by Crippen LogP contribution is 2.42. The number of benzene rings is 2. The second-order valence-corrected chi connectivity index (χ2v) is 8.51. The molecule has 3 heterocycles. The van der Waals surface area contributed by atoms with Crippen LogP contribution < -0.4 is 29.1 Å². The summed E-state index contributed by atoms with van der Waals surface area (Å²) in [7, 11) is 1.37. The Morgan fingerprint density at radius 1 is 1.29 bits per heavy atom. The first-order valence-electron chi connectivity index (χ1n) is 9.61. The topological polar surface area (TPSA) is 62.1 Å². The molecule has 9 heteroatoms. The van der Waals surface area contributed by atoms with Gasteiger partial charge in [-0.1, -0.05) is 35.6 Å². The van der Waals surface area contributed by atoms with Crippen LogP contribution in [0.2, 0.25) is 0 Å². The fraction of sp³-hybridized carbons (Fsp3) is 0.273. The van der Waals surface area contributed by atoms with E-state index in [2.05, 4.69) is 4.74 Å². The lowest BCUT2D eigenvalue weighted by molar-refractivity contribution is -0.0512. The minimum Gasteiger partial charge on any atom is -0.493 e. The largest absolute Gasteiger partial charge is 0.493 e. The zero-order chi connectivity index (χ0) is 21.8. The van der Waals surface area contributed by atoms with E-state index < -0.39 is 12.3 Å². The third-order valence-electron chi connectivity index (χ3n) is 5.36. The summed E-state index contributed by atoms with van der Waals surface area (Å²) in [5.41, 5.74) is 0.697. The molecule has 0 aliphatic carbocycles. The van der Waals surface area contributed by atoms with Crippen molar-refractivity contribution in [2.75, 3.05) is 7.11 Å². The Balaban J connectivity index is 1.63. The molecule has 0 amide bonds. The molecule has 6 nitrogen and oxygen atoms in total. The van der Waals surface area contributed by atoms with Crippen molar-refractivity contribution >= 4 is 17.4 Å². The molecule has 2 aromatic carbocycles. The van der Waals surface area contributed by atoms with Crippen LogP contribution in [0.1, 0.15) is 30.5 Å². The minimum absolute atomic E-state index is 0.0673. The number of para-hydroxylation sites is 1. The van der Waals surface area contributed by atoms with Crippen LogP contribution in [-0.4, -0.2) is 24.0 Å². The SMILES string of the molecule is COc1cc(C=c2sc3n(c2=O)C2CC(C)(N=3)Oc3ccccc32)ccc1OC(F)F. The van der Waals surface area contributed by atoms with Gasteiger partial charge in [-0.3, -0.25) is 9.36 Å². The van der Waals surface area contributed by atoms with Gasteiger partial charge in [0.2, 0.25) is 5.72 Å². The van der Waals surface area contributed by atoms with Crippen LogP contribution in [0.5, 0.6) is 17.2 Å². The number of fused-ring (bicyclic) bond motifs is 6. The maximum absolute atomic E-state index is 13.3. The van der Waals surface area contributed by atoms with E-state index >= 15 is 0 Å². The van der Waals surface area contributed by atoms with Crippen molar-refractivity contribution in [1.29, 1.82) is 0 Å². The van der Waals surface area contributed by atoms with Crippen molar-refractivity contribution in [1.82, 2.24) is 4.57 Å². The molecule has 31 heavy (non-hydrogen) atoms. The normalized spacial score (nSPS) is 21.7. The summed E-state index contributed by atoms with van der Waals surface area (Å²) in [6.07, 6.45) is 2.27. The van der Waals surface area contributed by atoms with Crippen LogP contribution in [-0.2, 0) is 0 Å². The Labute approximate surface area is 179 Å². The van der Waals surface area contributed by atoms with Gasteiger partial charge in [-0.2, -0.15) is 8.78 Å². The van der Waals surface area contributed by atoms with E-state index in [-0.39, 0.29) is 23.1 Å². The number of hydrogen-bond acceptors (Lipinski definition) is 6. The van der Waals surface area contributed by atoms with Crippen molar-refractivity contribution in [2.45, 2.75) is 31.7 Å². The summed E-state index contributed by atoms with van der Waals surface area (Å²) in [5, 5.41) is 0. The molecule has 5 rings (SSSR count). The summed E-state index contributed by atoms with van der Waals surface area (Å²) >= 11 is 1.27. The van der Waals surface area contributed by atoms with Gasteiger partial charge in [0.25, 0.3) is 5.56 Å². The standard InChI is InChI=1S/C22H18F2N2O4S/c1-22-11-14(13-5-3-4-6-15(13)30-22)26-19(27)18(31-21(26)25-22)10-12-7-8-16(29-20(23)24)17(9-12)28-2/h3-10,14,20H,11H2,1-2H3. The third-order valence-corrected chi connectivity index (χ3v) is 6.35. The highest BCUT2D eigenvalue weighted by Gasteiger charge is 2.42. The summed E-state index contributed by atoms with van der Waals surface area (Å²) in [4.78, 5) is 18.6. The van der Waals surface area contributed by atoms with Gasteiger partial charge in [-0.15, -0.1) is 0 Å². The molecule has 0 saturated heterocycles. The lowest BCUT2D eigenvalue weighted by atomic mass is 9.93. The second-order valence-electron chi connectivity index (χ2n) is 7.50. The molecular weight excluding hydrogens is 426 g/mol. The van der Waals surface area contributed by atoms with Crippen LogP contribution in [0.25, 0.3) is 6.08 Å². The van der Waals surface area contributed by atoms with Gasteiger partial charge in [-0.25, -0.2) is 4.99 Å². The van der Waals surface area contributed by atoms with Gasteiger partial charge in [-0.05, 0) is 36.8 Å². The van der Waals surface area contributed by atoms with Crippen LogP contribution in [0.4, 0.5) is 8.78 Å². The van der Waals surface area contributed by atoms with Crippen molar-refractivity contribution in [3.63, 3.8) is 0 Å². The predicted molar refractivity (Wildman–Crippen MR) is 111 cm³/mol. The zero-order valence-corrected chi connectivity index (χ0v) is 17.5. The van der Waals surface area contributed by atoms with Gasteiger partial charge in [0, 0.05) is 12.0 Å². The fourth-order valence-electron chi connectivity index (χ4n) is 4.06. The number of aromatic nitrogens is 1. The van der Waals surface area contributed by atoms with Gasteiger partial charge >= 0.3 is 6.61 Å². The average Bonchev–Trinajstić information content (AvgIpc) is 3.02. The molecule has 2 unspecified atom stereocenters. The molecule has 2 bridgehead atoms. The minimum atomic E-state index is -2.95. The van der Waals surface area contributed by atoms with Gasteiger partial charge in [0.05, 0.1) is 17.7 Å².